The molecule has 3 saturated heterocycles. The first-order valence-corrected chi connectivity index (χ1v) is 7.42. The third-order valence-electron chi connectivity index (χ3n) is 4.42. The van der Waals surface area contributed by atoms with Crippen molar-refractivity contribution in [1.29, 1.82) is 0 Å². The molecule has 1 aromatic rings. The number of aryl methyl sites for hydroxylation is 1. The molecular formula is C14H24N4O. The third-order valence-corrected chi connectivity index (χ3v) is 4.42. The number of imidazole rings is 1. The fraction of sp³-hybridized carbons (Fsp3) is 0.786. The van der Waals surface area contributed by atoms with E-state index in [2.05, 4.69) is 26.3 Å². The minimum Gasteiger partial charge on any atom is -0.391 e. The van der Waals surface area contributed by atoms with Gasteiger partial charge in [-0.2, -0.15) is 0 Å². The Bertz CT molecular complexity index is 411. The molecule has 1 N–H and O–H groups in total. The van der Waals surface area contributed by atoms with E-state index < -0.39 is 0 Å². The normalized spacial score (nSPS) is 31.6. The van der Waals surface area contributed by atoms with Crippen LogP contribution in [0.25, 0.3) is 0 Å². The molecule has 4 heterocycles. The van der Waals surface area contributed by atoms with Crippen molar-refractivity contribution in [1.82, 2.24) is 19.4 Å². The summed E-state index contributed by atoms with van der Waals surface area (Å²) in [6, 6.07) is 0.286. The molecule has 3 aliphatic rings. The summed E-state index contributed by atoms with van der Waals surface area (Å²) in [4.78, 5) is 9.31. The van der Waals surface area contributed by atoms with Gasteiger partial charge in [0.25, 0.3) is 0 Å². The van der Waals surface area contributed by atoms with E-state index in [9.17, 15) is 5.11 Å². The van der Waals surface area contributed by atoms with E-state index in [0.29, 0.717) is 6.42 Å². The van der Waals surface area contributed by atoms with Gasteiger partial charge in [-0.1, -0.05) is 6.92 Å². The van der Waals surface area contributed by atoms with E-state index >= 15 is 0 Å². The average Bonchev–Trinajstić information content (AvgIpc) is 2.88. The molecule has 19 heavy (non-hydrogen) atoms. The minimum absolute atomic E-state index is 0.286. The van der Waals surface area contributed by atoms with Crippen molar-refractivity contribution < 1.29 is 5.11 Å². The Hall–Kier alpha value is -0.910. The molecule has 3 fully saturated rings. The van der Waals surface area contributed by atoms with Crippen LogP contribution in [0.5, 0.6) is 0 Å². The predicted octanol–water partition coefficient (Wildman–Crippen LogP) is 0.196. The second-order valence-electron chi connectivity index (χ2n) is 5.71. The topological polar surface area (TPSA) is 44.5 Å². The molecule has 0 radical (unpaired) electrons. The Balaban J connectivity index is 1.64. The monoisotopic (exact) mass is 264 g/mol. The average molecular weight is 264 g/mol. The number of aliphatic hydroxyl groups is 1. The molecule has 1 aromatic heterocycles. The lowest BCUT2D eigenvalue weighted by Crippen LogP contribution is -2.64. The maximum atomic E-state index is 10.5. The number of hydrogen-bond donors (Lipinski definition) is 1. The Morgan fingerprint density at radius 3 is 2.79 bits per heavy atom. The molecule has 2 bridgehead atoms. The smallest absolute Gasteiger partial charge is 0.111 e. The lowest BCUT2D eigenvalue weighted by molar-refractivity contribution is -0.0460. The number of fused-ring (bicyclic) bond motifs is 3. The van der Waals surface area contributed by atoms with Crippen molar-refractivity contribution >= 4 is 0 Å². The van der Waals surface area contributed by atoms with Gasteiger partial charge in [-0.15, -0.1) is 0 Å². The van der Waals surface area contributed by atoms with Crippen molar-refractivity contribution in [3.63, 3.8) is 0 Å². The molecule has 0 aromatic carbocycles. The first-order valence-electron chi connectivity index (χ1n) is 7.42. The molecule has 106 valence electrons. The van der Waals surface area contributed by atoms with Gasteiger partial charge in [0, 0.05) is 64.1 Å². The lowest BCUT2D eigenvalue weighted by Gasteiger charge is -2.49. The minimum atomic E-state index is -0.305. The first kappa shape index (κ1) is 13.1. The highest BCUT2D eigenvalue weighted by Crippen LogP contribution is 2.20. The van der Waals surface area contributed by atoms with Crippen LogP contribution in [0, 0.1) is 0 Å². The summed E-state index contributed by atoms with van der Waals surface area (Å²) >= 11 is 0. The highest BCUT2D eigenvalue weighted by atomic mass is 16.3. The van der Waals surface area contributed by atoms with Crippen LogP contribution < -0.4 is 0 Å². The molecule has 0 spiro atoms. The Morgan fingerprint density at radius 1 is 1.37 bits per heavy atom. The molecule has 5 nitrogen and oxygen atoms in total. The van der Waals surface area contributed by atoms with Crippen LogP contribution in [-0.2, 0) is 13.0 Å². The van der Waals surface area contributed by atoms with Gasteiger partial charge < -0.3 is 9.67 Å². The molecule has 0 aliphatic carbocycles. The second kappa shape index (κ2) is 5.61. The maximum absolute atomic E-state index is 10.5. The van der Waals surface area contributed by atoms with Gasteiger partial charge in [0.15, 0.2) is 0 Å². The van der Waals surface area contributed by atoms with E-state index in [1.165, 1.54) is 0 Å². The van der Waals surface area contributed by atoms with Crippen LogP contribution in [0.1, 0.15) is 19.2 Å². The maximum Gasteiger partial charge on any atom is 0.111 e. The summed E-state index contributed by atoms with van der Waals surface area (Å²) in [6.45, 7) is 8.69. The molecule has 2 atom stereocenters. The number of nitrogens with zero attached hydrogens (tertiary/aromatic N) is 4. The van der Waals surface area contributed by atoms with Crippen molar-refractivity contribution in [2.24, 2.45) is 0 Å². The quantitative estimate of drug-likeness (QED) is 0.825. The van der Waals surface area contributed by atoms with Gasteiger partial charge in [0.2, 0.25) is 0 Å². The SMILES string of the molecule is CCCn1ccnc1CC(O)C1CN2CCN1CC2. The molecular weight excluding hydrogens is 240 g/mol. The van der Waals surface area contributed by atoms with Crippen molar-refractivity contribution in [3.05, 3.63) is 18.2 Å². The summed E-state index contributed by atoms with van der Waals surface area (Å²) in [7, 11) is 0. The van der Waals surface area contributed by atoms with Crippen molar-refractivity contribution in [2.75, 3.05) is 32.7 Å². The number of piperazine rings is 3. The Morgan fingerprint density at radius 2 is 2.16 bits per heavy atom. The lowest BCUT2D eigenvalue weighted by atomic mass is 10.00. The van der Waals surface area contributed by atoms with Crippen molar-refractivity contribution in [2.45, 2.75) is 38.5 Å². The van der Waals surface area contributed by atoms with Crippen LogP contribution in [0.3, 0.4) is 0 Å². The van der Waals surface area contributed by atoms with Crippen LogP contribution >= 0.6 is 0 Å². The first-order chi connectivity index (χ1) is 9.28. The molecule has 0 saturated carbocycles. The zero-order valence-electron chi connectivity index (χ0n) is 11.7. The summed E-state index contributed by atoms with van der Waals surface area (Å²) < 4.78 is 2.17. The third kappa shape index (κ3) is 2.68. The van der Waals surface area contributed by atoms with Gasteiger partial charge in [-0.05, 0) is 6.42 Å². The second-order valence-corrected chi connectivity index (χ2v) is 5.71. The highest BCUT2D eigenvalue weighted by molar-refractivity contribution is 4.99. The van der Waals surface area contributed by atoms with E-state index in [1.807, 2.05) is 12.4 Å². The van der Waals surface area contributed by atoms with Gasteiger partial charge in [-0.25, -0.2) is 4.98 Å². The standard InChI is InChI=1S/C14H24N4O/c1-2-4-18-5-3-15-14(18)10-13(19)12-11-16-6-8-17(12)9-7-16/h3,5,12-13,19H,2,4,6-11H2,1H3. The number of aromatic nitrogens is 2. The fourth-order valence-corrected chi connectivity index (χ4v) is 3.32. The Labute approximate surface area is 114 Å². The largest absolute Gasteiger partial charge is 0.391 e. The fourth-order valence-electron chi connectivity index (χ4n) is 3.32. The number of aliphatic hydroxyl groups excluding tert-OH is 1. The molecule has 0 amide bonds. The molecule has 5 heteroatoms. The summed E-state index contributed by atoms with van der Waals surface area (Å²) in [5, 5.41) is 10.5. The van der Waals surface area contributed by atoms with Crippen molar-refractivity contribution in [3.8, 4) is 0 Å². The van der Waals surface area contributed by atoms with Gasteiger partial charge >= 0.3 is 0 Å². The van der Waals surface area contributed by atoms with Crippen LogP contribution in [0.4, 0.5) is 0 Å². The van der Waals surface area contributed by atoms with Crippen LogP contribution in [-0.4, -0.2) is 69.3 Å². The van der Waals surface area contributed by atoms with Crippen LogP contribution in [0.2, 0.25) is 0 Å². The van der Waals surface area contributed by atoms with E-state index in [1.54, 1.807) is 0 Å². The van der Waals surface area contributed by atoms with E-state index in [-0.39, 0.29) is 12.1 Å². The van der Waals surface area contributed by atoms with Gasteiger partial charge in [0.1, 0.15) is 5.82 Å². The van der Waals surface area contributed by atoms with E-state index in [4.69, 9.17) is 0 Å². The molecule has 4 rings (SSSR count). The number of rotatable bonds is 5. The molecule has 3 aliphatic heterocycles. The van der Waals surface area contributed by atoms with Gasteiger partial charge in [0.05, 0.1) is 6.10 Å². The Kier molecular flexibility index (Phi) is 3.86. The van der Waals surface area contributed by atoms with Crippen LogP contribution in [0.15, 0.2) is 12.4 Å². The van der Waals surface area contributed by atoms with E-state index in [0.717, 1.165) is 51.5 Å². The summed E-state index contributed by atoms with van der Waals surface area (Å²) in [5.41, 5.74) is 0. The summed E-state index contributed by atoms with van der Waals surface area (Å²) in [5.74, 6) is 1.02. The molecule has 2 unspecified atom stereocenters. The zero-order chi connectivity index (χ0) is 13.2. The van der Waals surface area contributed by atoms with Gasteiger partial charge in [-0.3, -0.25) is 9.80 Å². The highest BCUT2D eigenvalue weighted by Gasteiger charge is 2.36. The zero-order valence-corrected chi connectivity index (χ0v) is 11.7. The summed E-state index contributed by atoms with van der Waals surface area (Å²) in [6.07, 6.45) is 5.32. The number of hydrogen-bond acceptors (Lipinski definition) is 4. The predicted molar refractivity (Wildman–Crippen MR) is 74.0 cm³/mol.